The third-order valence-electron chi connectivity index (χ3n) is 3.94. The van der Waals surface area contributed by atoms with Gasteiger partial charge in [0.25, 0.3) is 0 Å². The lowest BCUT2D eigenvalue weighted by molar-refractivity contribution is 0.119. The van der Waals surface area contributed by atoms with Crippen molar-refractivity contribution >= 4 is 23.8 Å². The highest BCUT2D eigenvalue weighted by Gasteiger charge is 2.38. The second-order valence-corrected chi connectivity index (χ2v) is 11.2. The fourth-order valence-corrected chi connectivity index (χ4v) is 5.78. The van der Waals surface area contributed by atoms with Crippen molar-refractivity contribution < 1.29 is 35.7 Å². The summed E-state index contributed by atoms with van der Waals surface area (Å²) in [7, 11) is 3.67. The number of hydrogen-bond donors (Lipinski definition) is 0. The van der Waals surface area contributed by atoms with Gasteiger partial charge in [-0.3, -0.25) is 0 Å². The van der Waals surface area contributed by atoms with Crippen LogP contribution in [0.5, 0.6) is 0 Å². The molecule has 0 aromatic heterocycles. The molecule has 0 bridgehead atoms. The second-order valence-electron chi connectivity index (χ2n) is 5.04. The van der Waals surface area contributed by atoms with Crippen LogP contribution in [0.15, 0.2) is 0 Å². The van der Waals surface area contributed by atoms with Gasteiger partial charge in [-0.25, -0.2) is 4.79 Å². The molecule has 0 radical (unpaired) electrons. The Labute approximate surface area is 145 Å². The Morgan fingerprint density at radius 2 is 1.04 bits per heavy atom. The zero-order valence-electron chi connectivity index (χ0n) is 15.4. The van der Waals surface area contributed by atoms with Crippen molar-refractivity contribution in [1.82, 2.24) is 4.90 Å². The quantitative estimate of drug-likeness (QED) is 0.256. The van der Waals surface area contributed by atoms with Gasteiger partial charge in [-0.15, -0.1) is 4.39 Å². The fourth-order valence-electron chi connectivity index (χ4n) is 2.37. The molecule has 1 amide bonds. The normalized spacial score (nSPS) is 12.5. The zero-order chi connectivity index (χ0) is 18.6. The molecule has 0 aromatic carbocycles. The Balaban J connectivity index is 4.45. The lowest BCUT2D eigenvalue weighted by Crippen LogP contribution is -2.44. The number of nitrogens with zero attached hydrogens (tertiary/aromatic N) is 1. The number of carbonyl (C=O) groups is 1. The van der Waals surface area contributed by atoms with Gasteiger partial charge < -0.3 is 31.5 Å². The predicted molar refractivity (Wildman–Crippen MR) is 90.5 cm³/mol. The average Bonchev–Trinajstić information content (AvgIpc) is 2.61. The van der Waals surface area contributed by atoms with Crippen molar-refractivity contribution in [2.24, 2.45) is 0 Å². The van der Waals surface area contributed by atoms with E-state index >= 15 is 0 Å². The summed E-state index contributed by atoms with van der Waals surface area (Å²) in [6, 6.07) is 0.986. The van der Waals surface area contributed by atoms with Gasteiger partial charge >= 0.3 is 23.8 Å². The fraction of sp³-hybridized carbons (Fsp3) is 0.923. The molecule has 0 saturated carbocycles. The Kier molecular flexibility index (Phi) is 11.8. The Morgan fingerprint density at radius 1 is 0.750 bits per heavy atom. The largest absolute Gasteiger partial charge is 0.500 e. The van der Waals surface area contributed by atoms with Gasteiger partial charge in [-0.05, 0) is 12.8 Å². The molecule has 0 unspecified atom stereocenters. The van der Waals surface area contributed by atoms with Gasteiger partial charge in [0, 0.05) is 67.8 Å². The Bertz CT molecular complexity index is 315. The second kappa shape index (κ2) is 12.0. The molecule has 0 rings (SSSR count). The number of halogens is 1. The minimum absolute atomic E-state index is 0.252. The van der Waals surface area contributed by atoms with Crippen LogP contribution in [0, 0.1) is 0 Å². The molecule has 0 atom stereocenters. The van der Waals surface area contributed by atoms with Gasteiger partial charge in [0.1, 0.15) is 0 Å². The molecule has 144 valence electrons. The lowest BCUT2D eigenvalue weighted by atomic mass is 10.4. The molecule has 24 heavy (non-hydrogen) atoms. The van der Waals surface area contributed by atoms with Gasteiger partial charge in [0.05, 0.1) is 0 Å². The van der Waals surface area contributed by atoms with Crippen LogP contribution < -0.4 is 0 Å². The van der Waals surface area contributed by atoms with E-state index in [1.54, 1.807) is 0 Å². The molecule has 0 saturated heterocycles. The van der Waals surface area contributed by atoms with E-state index in [4.69, 9.17) is 26.6 Å². The molecule has 8 nitrogen and oxygen atoms in total. The summed E-state index contributed by atoms with van der Waals surface area (Å²) in [5, 5.41) is 0. The van der Waals surface area contributed by atoms with Crippen molar-refractivity contribution in [1.29, 1.82) is 0 Å². The van der Waals surface area contributed by atoms with Crippen molar-refractivity contribution in [3.63, 3.8) is 0 Å². The van der Waals surface area contributed by atoms with E-state index in [9.17, 15) is 9.18 Å². The molecule has 0 N–H and O–H groups in total. The van der Waals surface area contributed by atoms with Gasteiger partial charge in [0.2, 0.25) is 0 Å². The molecule has 0 aliphatic rings. The lowest BCUT2D eigenvalue weighted by Gasteiger charge is -2.27. The van der Waals surface area contributed by atoms with E-state index in [0.717, 1.165) is 4.90 Å². The van der Waals surface area contributed by atoms with Crippen molar-refractivity contribution in [3.8, 4) is 0 Å². The molecule has 0 heterocycles. The molecule has 0 spiro atoms. The standard InChI is InChI=1S/C13H30FNO7Si2/c1-17-23(18-2,19-3)11-7-9-15(13(14)16)10-8-12-24(20-4,21-5)22-6/h7-12H2,1-6H3. The maximum Gasteiger partial charge on any atom is 0.500 e. The number of rotatable bonds is 14. The van der Waals surface area contributed by atoms with Gasteiger partial charge in [0.15, 0.2) is 0 Å². The monoisotopic (exact) mass is 387 g/mol. The van der Waals surface area contributed by atoms with Gasteiger partial charge in [-0.2, -0.15) is 0 Å². The maximum absolute atomic E-state index is 13.2. The van der Waals surface area contributed by atoms with E-state index in [2.05, 4.69) is 0 Å². The zero-order valence-corrected chi connectivity index (χ0v) is 17.4. The number of hydrogen-bond acceptors (Lipinski definition) is 7. The molecular formula is C13H30FNO7Si2. The molecular weight excluding hydrogens is 357 g/mol. The highest BCUT2D eigenvalue weighted by atomic mass is 28.4. The first-order valence-electron chi connectivity index (χ1n) is 7.63. The molecule has 0 aromatic rings. The van der Waals surface area contributed by atoms with Crippen LogP contribution in [-0.4, -0.2) is 84.4 Å². The van der Waals surface area contributed by atoms with Crippen LogP contribution in [0.2, 0.25) is 12.1 Å². The molecule has 0 aliphatic heterocycles. The van der Waals surface area contributed by atoms with Crippen LogP contribution in [0.4, 0.5) is 9.18 Å². The third kappa shape index (κ3) is 7.23. The van der Waals surface area contributed by atoms with E-state index in [0.29, 0.717) is 24.9 Å². The highest BCUT2D eigenvalue weighted by Crippen LogP contribution is 2.18. The molecule has 11 heteroatoms. The summed E-state index contributed by atoms with van der Waals surface area (Å²) >= 11 is 0. The van der Waals surface area contributed by atoms with Crippen LogP contribution in [-0.2, 0) is 26.6 Å². The minimum Gasteiger partial charge on any atom is -0.377 e. The summed E-state index contributed by atoms with van der Waals surface area (Å²) in [5.41, 5.74) is 0. The first-order valence-corrected chi connectivity index (χ1v) is 11.5. The number of carbonyl (C=O) groups excluding carboxylic acids is 1. The predicted octanol–water partition coefficient (Wildman–Crippen LogP) is 1.91. The smallest absolute Gasteiger partial charge is 0.377 e. The SMILES string of the molecule is CO[Si](CCCN(CCC[Si](OC)(OC)OC)C(=O)F)(OC)OC. The number of amides is 1. The van der Waals surface area contributed by atoms with Crippen LogP contribution >= 0.6 is 0 Å². The topological polar surface area (TPSA) is 75.7 Å². The summed E-state index contributed by atoms with van der Waals surface area (Å²) in [6.45, 7) is 0.503. The Hall–Kier alpha value is -0.406. The maximum atomic E-state index is 13.2. The summed E-state index contributed by atoms with van der Waals surface area (Å²) in [4.78, 5) is 12.3. The van der Waals surface area contributed by atoms with Crippen LogP contribution in [0.3, 0.4) is 0 Å². The summed E-state index contributed by atoms with van der Waals surface area (Å²) in [6.07, 6.45) is -0.438. The highest BCUT2D eigenvalue weighted by molar-refractivity contribution is 6.60. The van der Waals surface area contributed by atoms with Crippen LogP contribution in [0.1, 0.15) is 12.8 Å². The van der Waals surface area contributed by atoms with Crippen molar-refractivity contribution in [3.05, 3.63) is 0 Å². The molecule has 0 aliphatic carbocycles. The van der Waals surface area contributed by atoms with Crippen molar-refractivity contribution in [2.45, 2.75) is 24.9 Å². The average molecular weight is 388 g/mol. The van der Waals surface area contributed by atoms with E-state index in [1.165, 1.54) is 42.7 Å². The van der Waals surface area contributed by atoms with E-state index < -0.39 is 23.8 Å². The molecule has 0 fully saturated rings. The van der Waals surface area contributed by atoms with E-state index in [1.807, 2.05) is 0 Å². The van der Waals surface area contributed by atoms with Gasteiger partial charge in [-0.1, -0.05) is 0 Å². The third-order valence-corrected chi connectivity index (χ3v) is 9.60. The van der Waals surface area contributed by atoms with Crippen molar-refractivity contribution in [2.75, 3.05) is 55.7 Å². The summed E-state index contributed by atoms with van der Waals surface area (Å²) < 4.78 is 45.0. The van der Waals surface area contributed by atoms with Crippen LogP contribution in [0.25, 0.3) is 0 Å². The Morgan fingerprint density at radius 3 is 1.25 bits per heavy atom. The van der Waals surface area contributed by atoms with E-state index in [-0.39, 0.29) is 13.1 Å². The summed E-state index contributed by atoms with van der Waals surface area (Å²) in [5.74, 6) is 0. The minimum atomic E-state index is -2.71. The first-order chi connectivity index (χ1) is 11.4. The first kappa shape index (κ1) is 23.6.